The zero-order valence-corrected chi connectivity index (χ0v) is 40.2. The van der Waals surface area contributed by atoms with Gasteiger partial charge >= 0.3 is 6.18 Å². The summed E-state index contributed by atoms with van der Waals surface area (Å²) in [6, 6.07) is 19.0. The van der Waals surface area contributed by atoms with Crippen LogP contribution in [0.5, 0.6) is 0 Å². The van der Waals surface area contributed by atoms with Gasteiger partial charge in [0.15, 0.2) is 0 Å². The molecule has 0 unspecified atom stereocenters. The molecule has 64 heavy (non-hydrogen) atoms. The number of hydrogen-bond acceptors (Lipinski definition) is 6. The van der Waals surface area contributed by atoms with Crippen molar-refractivity contribution in [3.8, 4) is 22.3 Å². The van der Waals surface area contributed by atoms with Crippen LogP contribution in [0.2, 0.25) is 0 Å². The van der Waals surface area contributed by atoms with Crippen LogP contribution in [-0.2, 0) is 43.8 Å². The van der Waals surface area contributed by atoms with Crippen molar-refractivity contribution in [3.63, 3.8) is 0 Å². The topological polar surface area (TPSA) is 92.3 Å². The Hall–Kier alpha value is -4.87. The van der Waals surface area contributed by atoms with Gasteiger partial charge in [0.05, 0.1) is 15.4 Å². The van der Waals surface area contributed by atoms with Gasteiger partial charge < -0.3 is 0 Å². The molecule has 2 N–H and O–H groups in total. The standard InChI is InChI=1S/C27H31NO2S.C26H26F3NO2S/c1-7-18-9-8-17(14-23-24(29)28-25(30)31-23)13-20(18)19-15-22-21(12-16(19)2)26(3,4)10-11-27(22,5)6;1-14-10-19-20(25(4,5)9-8-24(19,2)3)13-16(14)17-11-15(6-7-18(17)26(27,28)29)12-21-22(31)30-23(32)33-21/h8-9,12-15H,7,10-11H2,1-6H3,(H,28,29,30);6-7,10-13H,8-9H2,1-5H3,(H,30,31,32)/b23-14-;21-12-. The van der Waals surface area contributed by atoms with Crippen molar-refractivity contribution in [2.24, 2.45) is 0 Å². The van der Waals surface area contributed by atoms with E-state index in [1.54, 1.807) is 0 Å². The van der Waals surface area contributed by atoms with Crippen molar-refractivity contribution >= 4 is 58.0 Å². The van der Waals surface area contributed by atoms with Crippen molar-refractivity contribution in [1.29, 1.82) is 0 Å². The second-order valence-corrected chi connectivity index (χ2v) is 22.3. The molecule has 0 bridgehead atoms. The molecule has 4 aromatic rings. The summed E-state index contributed by atoms with van der Waals surface area (Å²) in [4.78, 5) is 47.5. The molecule has 0 spiro atoms. The van der Waals surface area contributed by atoms with Gasteiger partial charge in [0.1, 0.15) is 0 Å². The molecule has 4 amide bonds. The average molecular weight is 907 g/mol. The van der Waals surface area contributed by atoms with E-state index in [0.717, 1.165) is 65.5 Å². The van der Waals surface area contributed by atoms with Gasteiger partial charge in [-0.3, -0.25) is 29.8 Å². The van der Waals surface area contributed by atoms with E-state index in [1.807, 2.05) is 31.2 Å². The second-order valence-electron chi connectivity index (χ2n) is 20.2. The summed E-state index contributed by atoms with van der Waals surface area (Å²) in [5, 5.41) is 3.70. The third-order valence-corrected chi connectivity index (χ3v) is 15.3. The van der Waals surface area contributed by atoms with Gasteiger partial charge in [0.25, 0.3) is 22.3 Å². The Bertz CT molecular complexity index is 2700. The first kappa shape index (κ1) is 47.1. The molecule has 4 aliphatic rings. The minimum atomic E-state index is -4.53. The summed E-state index contributed by atoms with van der Waals surface area (Å²) in [6.07, 6.45) is 4.02. The number of carbonyl (C=O) groups is 4. The maximum absolute atomic E-state index is 14.0. The Morgan fingerprint density at radius 3 is 1.30 bits per heavy atom. The molecule has 0 aromatic heterocycles. The smallest absolute Gasteiger partial charge is 0.282 e. The summed E-state index contributed by atoms with van der Waals surface area (Å²) >= 11 is 1.70. The van der Waals surface area contributed by atoms with E-state index < -0.39 is 22.9 Å². The van der Waals surface area contributed by atoms with E-state index >= 15 is 0 Å². The number of amides is 4. The number of thioether (sulfide) groups is 2. The lowest BCUT2D eigenvalue weighted by Crippen LogP contribution is -2.34. The maximum Gasteiger partial charge on any atom is 0.417 e. The summed E-state index contributed by atoms with van der Waals surface area (Å²) in [7, 11) is 0. The fourth-order valence-corrected chi connectivity index (χ4v) is 10.9. The summed E-state index contributed by atoms with van der Waals surface area (Å²) in [6.45, 7) is 24.3. The predicted molar refractivity (Wildman–Crippen MR) is 256 cm³/mol. The molecule has 0 saturated carbocycles. The molecule has 4 aromatic carbocycles. The number of hydrogen-bond donors (Lipinski definition) is 2. The SMILES string of the molecule is CCc1ccc(/C=C2\SC(=O)NC2=O)cc1-c1cc2c(cc1C)C(C)(C)CCC2(C)C.Cc1cc2c(cc1-c1cc(/C=C3\SC(=O)NC3=O)ccc1C(F)(F)F)C(C)(C)CCC2(C)C. The Balaban J connectivity index is 0.000000192. The monoisotopic (exact) mass is 906 g/mol. The molecule has 2 aliphatic heterocycles. The van der Waals surface area contributed by atoms with Crippen LogP contribution >= 0.6 is 23.5 Å². The third kappa shape index (κ3) is 9.30. The van der Waals surface area contributed by atoms with Crippen LogP contribution in [0.3, 0.4) is 0 Å². The summed E-state index contributed by atoms with van der Waals surface area (Å²) in [5.41, 5.74) is 12.4. The number of nitrogens with one attached hydrogen (secondary N) is 2. The van der Waals surface area contributed by atoms with Crippen LogP contribution in [0.4, 0.5) is 22.8 Å². The van der Waals surface area contributed by atoms with E-state index in [2.05, 4.69) is 104 Å². The third-order valence-electron chi connectivity index (χ3n) is 13.7. The molecule has 336 valence electrons. The zero-order chi connectivity index (χ0) is 46.9. The van der Waals surface area contributed by atoms with Crippen LogP contribution in [-0.4, -0.2) is 22.3 Å². The van der Waals surface area contributed by atoms with E-state index in [1.165, 1.54) is 70.0 Å². The maximum atomic E-state index is 14.0. The van der Waals surface area contributed by atoms with Gasteiger partial charge in [-0.05, 0) is 194 Å². The van der Waals surface area contributed by atoms with Crippen LogP contribution < -0.4 is 10.6 Å². The minimum Gasteiger partial charge on any atom is -0.282 e. The van der Waals surface area contributed by atoms with Crippen molar-refractivity contribution in [3.05, 3.63) is 126 Å². The van der Waals surface area contributed by atoms with Crippen molar-refractivity contribution < 1.29 is 32.3 Å². The molecule has 0 radical (unpaired) electrons. The average Bonchev–Trinajstić information content (AvgIpc) is 3.70. The van der Waals surface area contributed by atoms with Gasteiger partial charge in [-0.2, -0.15) is 13.2 Å². The van der Waals surface area contributed by atoms with Crippen molar-refractivity contribution in [1.82, 2.24) is 10.6 Å². The number of alkyl halides is 3. The molecular formula is C53H57F3N2O4S2. The molecule has 2 heterocycles. The number of benzene rings is 4. The number of aryl methyl sites for hydroxylation is 3. The van der Waals surface area contributed by atoms with Crippen LogP contribution in [0.25, 0.3) is 34.4 Å². The highest BCUT2D eigenvalue weighted by molar-refractivity contribution is 8.18. The molecule has 8 rings (SSSR count). The lowest BCUT2D eigenvalue weighted by atomic mass is 9.62. The number of fused-ring (bicyclic) bond motifs is 2. The zero-order valence-electron chi connectivity index (χ0n) is 38.5. The molecule has 2 saturated heterocycles. The second kappa shape index (κ2) is 16.8. The number of rotatable bonds is 5. The minimum absolute atomic E-state index is 0.0487. The first-order valence-corrected chi connectivity index (χ1v) is 23.5. The van der Waals surface area contributed by atoms with Gasteiger partial charge in [-0.1, -0.05) is 105 Å². The lowest BCUT2D eigenvalue weighted by Gasteiger charge is -2.42. The fraction of sp³-hybridized carbons (Fsp3) is 0.396. The first-order chi connectivity index (χ1) is 29.7. The molecule has 0 atom stereocenters. The van der Waals surface area contributed by atoms with Gasteiger partial charge in [0, 0.05) is 0 Å². The Kier molecular flexibility index (Phi) is 12.4. The number of halogens is 3. The Morgan fingerprint density at radius 1 is 0.547 bits per heavy atom. The molecule has 2 aliphatic carbocycles. The van der Waals surface area contributed by atoms with Crippen molar-refractivity contribution in [2.45, 2.75) is 136 Å². The van der Waals surface area contributed by atoms with Crippen LogP contribution in [0.15, 0.2) is 70.5 Å². The van der Waals surface area contributed by atoms with Gasteiger partial charge in [-0.15, -0.1) is 0 Å². The van der Waals surface area contributed by atoms with E-state index in [-0.39, 0.29) is 43.3 Å². The molecular weight excluding hydrogens is 850 g/mol. The van der Waals surface area contributed by atoms with Gasteiger partial charge in [0.2, 0.25) is 0 Å². The largest absolute Gasteiger partial charge is 0.417 e. The Labute approximate surface area is 383 Å². The molecule has 2 fully saturated rings. The lowest BCUT2D eigenvalue weighted by molar-refractivity contribution is -0.137. The highest BCUT2D eigenvalue weighted by Gasteiger charge is 2.40. The fourth-order valence-electron chi connectivity index (χ4n) is 9.53. The summed E-state index contributed by atoms with van der Waals surface area (Å²) < 4.78 is 42.0. The number of carbonyl (C=O) groups excluding carboxylic acids is 4. The Morgan fingerprint density at radius 2 is 0.922 bits per heavy atom. The molecule has 11 heteroatoms. The van der Waals surface area contributed by atoms with Crippen molar-refractivity contribution in [2.75, 3.05) is 0 Å². The summed E-state index contributed by atoms with van der Waals surface area (Å²) in [5.74, 6) is -0.856. The first-order valence-electron chi connectivity index (χ1n) is 21.9. The molecule has 6 nitrogen and oxygen atoms in total. The van der Waals surface area contributed by atoms with E-state index in [9.17, 15) is 32.3 Å². The quantitative estimate of drug-likeness (QED) is 0.194. The predicted octanol–water partition coefficient (Wildman–Crippen LogP) is 14.3. The highest BCUT2D eigenvalue weighted by atomic mass is 32.2. The normalized spacial score (nSPS) is 20.7. The van der Waals surface area contributed by atoms with Crippen LogP contribution in [0, 0.1) is 13.8 Å². The van der Waals surface area contributed by atoms with Crippen LogP contribution in [0.1, 0.15) is 144 Å². The van der Waals surface area contributed by atoms with E-state index in [4.69, 9.17) is 0 Å². The van der Waals surface area contributed by atoms with E-state index in [0.29, 0.717) is 16.0 Å². The highest BCUT2D eigenvalue weighted by Crippen LogP contribution is 2.50. The van der Waals surface area contributed by atoms with Gasteiger partial charge in [-0.25, -0.2) is 0 Å². The number of imide groups is 2.